The number of anilines is 6. The lowest BCUT2D eigenvalue weighted by Gasteiger charge is -2.38. The average Bonchev–Trinajstić information content (AvgIpc) is 1.31. The Kier molecular flexibility index (Phi) is 20.3. The Labute approximate surface area is 558 Å². The number of thiazole rings is 3. The molecule has 24 heteroatoms. The zero-order chi connectivity index (χ0) is 66.6. The summed E-state index contributed by atoms with van der Waals surface area (Å²) in [6.45, 7) is 17.8. The van der Waals surface area contributed by atoms with Gasteiger partial charge in [0.15, 0.2) is 0 Å². The Morgan fingerprint density at radius 2 is 0.862 bits per heavy atom. The van der Waals surface area contributed by atoms with Gasteiger partial charge in [0.2, 0.25) is 0 Å². The molecule has 6 aromatic heterocycles. The summed E-state index contributed by atoms with van der Waals surface area (Å²) in [6, 6.07) is 23.5. The lowest BCUT2D eigenvalue weighted by Crippen LogP contribution is -2.46. The third kappa shape index (κ3) is 15.3. The van der Waals surface area contributed by atoms with E-state index in [9.17, 15) is 28.8 Å². The van der Waals surface area contributed by atoms with E-state index in [1.807, 2.05) is 26.8 Å². The summed E-state index contributed by atoms with van der Waals surface area (Å²) in [4.78, 5) is 109. The number of carbonyl (C=O) groups is 6. The van der Waals surface area contributed by atoms with E-state index in [1.54, 1.807) is 67.8 Å². The van der Waals surface area contributed by atoms with Crippen molar-refractivity contribution in [3.05, 3.63) is 140 Å². The molecule has 3 aliphatic heterocycles. The van der Waals surface area contributed by atoms with Gasteiger partial charge in [-0.25, -0.2) is 29.9 Å². The van der Waals surface area contributed by atoms with Crippen LogP contribution in [0, 0.1) is 38.5 Å². The Morgan fingerprint density at radius 3 is 1.28 bits per heavy atom. The van der Waals surface area contributed by atoms with Crippen LogP contribution in [0.2, 0.25) is 0 Å². The molecule has 9 heterocycles. The normalized spacial score (nSPS) is 19.6. The van der Waals surface area contributed by atoms with Crippen LogP contribution >= 0.6 is 34.0 Å². The van der Waals surface area contributed by atoms with Gasteiger partial charge in [0.25, 0.3) is 0 Å². The molecule has 0 spiro atoms. The molecule has 94 heavy (non-hydrogen) atoms. The van der Waals surface area contributed by atoms with Crippen molar-refractivity contribution in [3.63, 3.8) is 0 Å². The molecule has 6 atom stereocenters. The third-order valence-electron chi connectivity index (χ3n) is 18.0. The number of nitrogen functional groups attached to an aromatic ring is 3. The van der Waals surface area contributed by atoms with Crippen molar-refractivity contribution in [3.8, 4) is 0 Å². The number of pyridine rings is 3. The van der Waals surface area contributed by atoms with E-state index < -0.39 is 35.4 Å². The highest BCUT2D eigenvalue weighted by molar-refractivity contribution is 7.19. The molecular weight excluding hydrogens is 1240 g/mol. The number of rotatable bonds is 9. The van der Waals surface area contributed by atoms with Crippen LogP contribution < -0.4 is 33.2 Å². The largest absolute Gasteiger partial charge is 0.383 e. The zero-order valence-electron chi connectivity index (χ0n) is 54.3. The predicted octanol–water partition coefficient (Wildman–Crippen LogP) is 12.6. The molecule has 1 aliphatic carbocycles. The fraction of sp³-hybridized carbons (Fsp3) is 0.400. The maximum absolute atomic E-state index is 13.3. The maximum atomic E-state index is 13.3. The van der Waals surface area contributed by atoms with Crippen LogP contribution in [0.3, 0.4) is 0 Å². The first-order chi connectivity index (χ1) is 45.1. The van der Waals surface area contributed by atoms with Crippen LogP contribution in [0.25, 0.3) is 30.6 Å². The standard InChI is InChI=1S/C24H27N5O2S.2C23H27N5O2S/c1-13-3-7-20(16-6-8-21-19(9-16)27-14(2)32-21)29(12-13)24(31)23(30)28-17-10-18(15-4-5-15)22(25)26-11-17;1-4-15-9-17(11-25-21(15)24)27-22(29)23(30)28-12-13(2)5-7-19(28)16-6-8-20-18(10-16)26-14(3)31-20;1-4-20-27-17-10-15(6-8-19(17)31-20)18-7-5-13(2)12-28(18)23(30)22(29)26-16-9-14(3)21(24)25-11-16/h6,8-11,13,15,20H,3-5,7,12H2,1-2H3,(H2,25,26)(H,28,30);6,8-11,13,19H,4-5,7,12H2,1-3H3,(H2,24,25)(H,27,29);6,8-11,13,18H,4-5,7,12H2,1-3H3,(H2,24,25)(H,26,29)/t13-,20+;13-,19+;13-,18+/m101/s1. The zero-order valence-corrected chi connectivity index (χ0v) is 56.8. The number of benzene rings is 3. The minimum atomic E-state index is -0.659. The second-order valence-corrected chi connectivity index (χ2v) is 29.0. The highest BCUT2D eigenvalue weighted by atomic mass is 32.1. The number of nitrogens with one attached hydrogen (secondary N) is 3. The van der Waals surface area contributed by atoms with E-state index in [2.05, 4.69) is 123 Å². The van der Waals surface area contributed by atoms with Gasteiger partial charge >= 0.3 is 35.4 Å². The topological polar surface area (TPSA) is 304 Å². The molecule has 21 nitrogen and oxygen atoms in total. The summed E-state index contributed by atoms with van der Waals surface area (Å²) in [6.07, 6.45) is 13.7. The van der Waals surface area contributed by atoms with Gasteiger partial charge in [0, 0.05) is 19.6 Å². The summed E-state index contributed by atoms with van der Waals surface area (Å²) in [7, 11) is 0. The number of amides is 6. The van der Waals surface area contributed by atoms with Crippen LogP contribution in [-0.2, 0) is 41.6 Å². The Balaban J connectivity index is 0.000000144. The lowest BCUT2D eigenvalue weighted by atomic mass is 9.89. The molecule has 13 rings (SSSR count). The molecule has 9 N–H and O–H groups in total. The molecular formula is C70H81N15O6S3. The van der Waals surface area contributed by atoms with E-state index in [4.69, 9.17) is 22.2 Å². The molecule has 1 saturated carbocycles. The molecule has 3 aromatic carbocycles. The van der Waals surface area contributed by atoms with Crippen molar-refractivity contribution >= 4 is 135 Å². The molecule has 0 bridgehead atoms. The third-order valence-corrected chi connectivity index (χ3v) is 21.1. The Bertz CT molecular complexity index is 4350. The van der Waals surface area contributed by atoms with E-state index in [0.29, 0.717) is 84.2 Å². The van der Waals surface area contributed by atoms with Crippen LogP contribution in [0.5, 0.6) is 0 Å². The second kappa shape index (κ2) is 28.7. The van der Waals surface area contributed by atoms with Crippen molar-refractivity contribution in [2.75, 3.05) is 52.8 Å². The molecule has 9 aromatic rings. The Hall–Kier alpha value is -9.00. The summed E-state index contributed by atoms with van der Waals surface area (Å²) in [5.74, 6) is -0.766. The van der Waals surface area contributed by atoms with Crippen molar-refractivity contribution in [2.45, 2.75) is 144 Å². The Morgan fingerprint density at radius 1 is 0.468 bits per heavy atom. The second-order valence-electron chi connectivity index (χ2n) is 25.5. The van der Waals surface area contributed by atoms with Gasteiger partial charge in [-0.15, -0.1) is 34.0 Å². The molecule has 0 unspecified atom stereocenters. The van der Waals surface area contributed by atoms with Crippen molar-refractivity contribution in [1.29, 1.82) is 0 Å². The number of piperidine rings is 3. The SMILES string of the molecule is CCc1cc(NC(=O)C(=O)N2C[C@@H](C)CC[C@@H]2c2ccc3sc(C)nc3c2)cnc1N.CCc1nc2cc([C@@H]3CC[C@@H](C)CN3C(=O)C(=O)Nc3cnc(N)c(C)c3)ccc2s1.Cc1nc2cc([C@@H]3CC[C@@H](C)CN3C(=O)C(=O)Nc3cnc(N)c(C4CC4)c3)ccc2s1. The van der Waals surface area contributed by atoms with E-state index in [-0.39, 0.29) is 18.1 Å². The first-order valence-electron chi connectivity index (χ1n) is 32.3. The van der Waals surface area contributed by atoms with Crippen molar-refractivity contribution < 1.29 is 28.8 Å². The van der Waals surface area contributed by atoms with Crippen molar-refractivity contribution in [1.82, 2.24) is 44.6 Å². The number of hydrogen-bond donors (Lipinski definition) is 6. The van der Waals surface area contributed by atoms with Gasteiger partial charge in [-0.3, -0.25) is 28.8 Å². The summed E-state index contributed by atoms with van der Waals surface area (Å²) < 4.78 is 3.41. The van der Waals surface area contributed by atoms with Crippen LogP contribution in [0.4, 0.5) is 34.5 Å². The number of hydrogen-bond acceptors (Lipinski definition) is 18. The van der Waals surface area contributed by atoms with Crippen molar-refractivity contribution in [2.24, 2.45) is 17.8 Å². The number of likely N-dealkylation sites (tertiary alicyclic amines) is 3. The summed E-state index contributed by atoms with van der Waals surface area (Å²) in [5.41, 5.74) is 27.5. The van der Waals surface area contributed by atoms with E-state index in [1.165, 1.54) is 18.6 Å². The lowest BCUT2D eigenvalue weighted by molar-refractivity contribution is -0.146. The van der Waals surface area contributed by atoms with Crippen LogP contribution in [-0.4, -0.2) is 99.7 Å². The molecule has 490 valence electrons. The predicted molar refractivity (Wildman–Crippen MR) is 374 cm³/mol. The van der Waals surface area contributed by atoms with Gasteiger partial charge in [-0.2, -0.15) is 0 Å². The van der Waals surface area contributed by atoms with Gasteiger partial charge in [0.1, 0.15) is 17.5 Å². The van der Waals surface area contributed by atoms with Crippen LogP contribution in [0.15, 0.2) is 91.4 Å². The minimum absolute atomic E-state index is 0.137. The fourth-order valence-corrected chi connectivity index (χ4v) is 15.3. The molecule has 6 amide bonds. The quantitative estimate of drug-likeness (QED) is 0.0732. The number of nitrogens with two attached hydrogens (primary N) is 3. The molecule has 3 saturated heterocycles. The highest BCUT2D eigenvalue weighted by Gasteiger charge is 2.38. The molecule has 4 aliphatic rings. The number of aryl methyl sites for hydroxylation is 5. The number of fused-ring (bicyclic) bond motifs is 3. The first-order valence-corrected chi connectivity index (χ1v) is 34.8. The summed E-state index contributed by atoms with van der Waals surface area (Å²) in [5, 5.41) is 11.3. The first kappa shape index (κ1) is 66.5. The number of aromatic nitrogens is 6. The van der Waals surface area contributed by atoms with Gasteiger partial charge < -0.3 is 47.9 Å². The fourth-order valence-electron chi connectivity index (χ4n) is 12.8. The minimum Gasteiger partial charge on any atom is -0.383 e. The highest BCUT2D eigenvalue weighted by Crippen LogP contribution is 2.44. The van der Waals surface area contributed by atoms with E-state index in [0.717, 1.165) is 137 Å². The number of nitrogens with zero attached hydrogens (tertiary/aromatic N) is 9. The average molecular weight is 1320 g/mol. The molecule has 4 fully saturated rings. The van der Waals surface area contributed by atoms with Gasteiger partial charge in [0.05, 0.1) is 99.5 Å². The smallest absolute Gasteiger partial charge is 0.313 e. The summed E-state index contributed by atoms with van der Waals surface area (Å²) >= 11 is 5.01. The molecule has 0 radical (unpaired) electrons. The van der Waals surface area contributed by atoms with Gasteiger partial charge in [-0.1, -0.05) is 52.8 Å². The monoisotopic (exact) mass is 1320 g/mol. The van der Waals surface area contributed by atoms with E-state index >= 15 is 0 Å². The van der Waals surface area contributed by atoms with Crippen LogP contribution in [0.1, 0.15) is 158 Å². The number of carbonyl (C=O) groups excluding carboxylic acids is 6. The maximum Gasteiger partial charge on any atom is 0.313 e. The van der Waals surface area contributed by atoms with Gasteiger partial charge in [-0.05, 0) is 197 Å².